The monoisotopic (exact) mass is 387 g/mol. The second-order valence-electron chi connectivity index (χ2n) is 6.65. The maximum Gasteiger partial charge on any atom is 0.346 e. The van der Waals surface area contributed by atoms with E-state index >= 15 is 0 Å². The normalized spacial score (nSPS) is 19.9. The number of hydrazone groups is 1. The molecule has 1 fully saturated rings. The molecule has 1 N–H and O–H groups in total. The molecule has 1 aromatic carbocycles. The molecule has 142 valence electrons. The summed E-state index contributed by atoms with van der Waals surface area (Å²) in [6, 6.07) is 8.51. The Bertz CT molecular complexity index is 893. The molecule has 0 aliphatic carbocycles. The number of rotatable bonds is 6. The molecule has 0 radical (unpaired) electrons. The van der Waals surface area contributed by atoms with E-state index in [0.717, 1.165) is 17.9 Å². The van der Waals surface area contributed by atoms with Gasteiger partial charge in [0.2, 0.25) is 0 Å². The highest BCUT2D eigenvalue weighted by Crippen LogP contribution is 2.29. The minimum atomic E-state index is -1.15. The van der Waals surface area contributed by atoms with Crippen molar-refractivity contribution >= 4 is 29.8 Å². The molecule has 0 unspecified atom stereocenters. The number of hydrogen-bond donors (Lipinski definition) is 1. The minimum Gasteiger partial charge on any atom is -0.318 e. The second kappa shape index (κ2) is 7.52. The predicted molar refractivity (Wildman–Crippen MR) is 104 cm³/mol. The van der Waals surface area contributed by atoms with Gasteiger partial charge >= 0.3 is 6.03 Å². The minimum absolute atomic E-state index is 0.442. The van der Waals surface area contributed by atoms with Gasteiger partial charge in [-0.3, -0.25) is 9.48 Å². The molecular formula is C19H22ClN5O2. The van der Waals surface area contributed by atoms with Gasteiger partial charge in [-0.15, -0.1) is 5.01 Å². The van der Waals surface area contributed by atoms with Crippen LogP contribution in [0.15, 0.2) is 35.4 Å². The average molecular weight is 388 g/mol. The summed E-state index contributed by atoms with van der Waals surface area (Å²) in [5.74, 6) is -0.442. The molecule has 0 saturated carbocycles. The first-order chi connectivity index (χ1) is 12.9. The van der Waals surface area contributed by atoms with E-state index in [-0.39, 0.29) is 0 Å². The topological polar surface area (TPSA) is 79.6 Å². The summed E-state index contributed by atoms with van der Waals surface area (Å²) in [5.41, 5.74) is 0.835. The molecule has 2 heterocycles. The lowest BCUT2D eigenvalue weighted by molar-refractivity contribution is -0.131. The standard InChI is InChI=1S/C19H22ClN5O2/c1-4-5-11-24-16(20)15(13(2)23-24)12-21-25-17(26)19(3,22-18(25)27)14-9-7-6-8-10-14/h6-10,12H,4-5,11H2,1-3H3,(H,22,27)/t19-/m1/s1. The van der Waals surface area contributed by atoms with Crippen molar-refractivity contribution in [3.63, 3.8) is 0 Å². The van der Waals surface area contributed by atoms with E-state index in [2.05, 4.69) is 22.4 Å². The van der Waals surface area contributed by atoms with Gasteiger partial charge in [0, 0.05) is 6.54 Å². The highest BCUT2D eigenvalue weighted by Gasteiger charge is 2.49. The lowest BCUT2D eigenvalue weighted by Gasteiger charge is -2.20. The molecule has 8 heteroatoms. The SMILES string of the molecule is CCCCn1nc(C)c(C=NN2C(=O)N[C@](C)(c3ccccc3)C2=O)c1Cl. The van der Waals surface area contributed by atoms with Crippen LogP contribution in [-0.4, -0.2) is 32.9 Å². The van der Waals surface area contributed by atoms with Gasteiger partial charge < -0.3 is 5.32 Å². The van der Waals surface area contributed by atoms with Crippen molar-refractivity contribution in [3.8, 4) is 0 Å². The Balaban J connectivity index is 1.85. The van der Waals surface area contributed by atoms with Gasteiger partial charge in [0.05, 0.1) is 17.5 Å². The number of aromatic nitrogens is 2. The number of carbonyl (C=O) groups excluding carboxylic acids is 2. The molecule has 3 rings (SSSR count). The van der Waals surface area contributed by atoms with Crippen LogP contribution in [0.1, 0.15) is 43.5 Å². The third kappa shape index (κ3) is 3.47. The van der Waals surface area contributed by atoms with E-state index in [0.29, 0.717) is 28.5 Å². The van der Waals surface area contributed by atoms with Crippen LogP contribution in [0.2, 0.25) is 5.15 Å². The summed E-state index contributed by atoms with van der Waals surface area (Å²) in [7, 11) is 0. The van der Waals surface area contributed by atoms with Crippen molar-refractivity contribution in [3.05, 3.63) is 52.3 Å². The quantitative estimate of drug-likeness (QED) is 0.609. The van der Waals surface area contributed by atoms with Gasteiger partial charge in [-0.05, 0) is 25.8 Å². The van der Waals surface area contributed by atoms with E-state index in [9.17, 15) is 9.59 Å². The van der Waals surface area contributed by atoms with Crippen LogP contribution in [0.4, 0.5) is 4.79 Å². The Morgan fingerprint density at radius 2 is 2.00 bits per heavy atom. The molecule has 3 amide bonds. The fourth-order valence-electron chi connectivity index (χ4n) is 2.98. The Morgan fingerprint density at radius 3 is 2.67 bits per heavy atom. The van der Waals surface area contributed by atoms with E-state index in [1.165, 1.54) is 6.21 Å². The maximum atomic E-state index is 12.9. The number of carbonyl (C=O) groups is 2. The van der Waals surface area contributed by atoms with E-state index in [1.54, 1.807) is 23.7 Å². The number of unbranched alkanes of at least 4 members (excludes halogenated alkanes) is 1. The lowest BCUT2D eigenvalue weighted by atomic mass is 9.92. The van der Waals surface area contributed by atoms with Crippen molar-refractivity contribution in [2.75, 3.05) is 0 Å². The smallest absolute Gasteiger partial charge is 0.318 e. The van der Waals surface area contributed by atoms with Crippen molar-refractivity contribution in [1.29, 1.82) is 0 Å². The third-order valence-electron chi connectivity index (χ3n) is 4.66. The number of nitrogens with zero attached hydrogens (tertiary/aromatic N) is 4. The number of urea groups is 1. The van der Waals surface area contributed by atoms with E-state index in [1.807, 2.05) is 25.1 Å². The molecule has 1 aliphatic heterocycles. The molecule has 1 atom stereocenters. The average Bonchev–Trinajstić information content (AvgIpc) is 3.06. The predicted octanol–water partition coefficient (Wildman–Crippen LogP) is 3.45. The lowest BCUT2D eigenvalue weighted by Crippen LogP contribution is -2.40. The number of benzene rings is 1. The van der Waals surface area contributed by atoms with Crippen molar-refractivity contribution in [2.45, 2.75) is 45.7 Å². The summed E-state index contributed by atoms with van der Waals surface area (Å²) >= 11 is 6.38. The summed E-state index contributed by atoms with van der Waals surface area (Å²) in [6.45, 7) is 6.28. The summed E-state index contributed by atoms with van der Waals surface area (Å²) in [6.07, 6.45) is 3.40. The van der Waals surface area contributed by atoms with Crippen LogP contribution in [-0.2, 0) is 16.9 Å². The zero-order valence-electron chi connectivity index (χ0n) is 15.6. The van der Waals surface area contributed by atoms with Crippen LogP contribution >= 0.6 is 11.6 Å². The van der Waals surface area contributed by atoms with Crippen molar-refractivity contribution in [2.24, 2.45) is 5.10 Å². The fraction of sp³-hybridized carbons (Fsp3) is 0.368. The van der Waals surface area contributed by atoms with E-state index in [4.69, 9.17) is 11.6 Å². The van der Waals surface area contributed by atoms with Gasteiger partial charge in [-0.2, -0.15) is 10.2 Å². The Morgan fingerprint density at radius 1 is 1.30 bits per heavy atom. The third-order valence-corrected chi connectivity index (χ3v) is 5.05. The number of aryl methyl sites for hydroxylation is 2. The molecule has 2 aromatic rings. The van der Waals surface area contributed by atoms with Gasteiger partial charge in [0.25, 0.3) is 5.91 Å². The van der Waals surface area contributed by atoms with Crippen LogP contribution < -0.4 is 5.32 Å². The van der Waals surface area contributed by atoms with Gasteiger partial charge in [-0.1, -0.05) is 55.3 Å². The highest BCUT2D eigenvalue weighted by molar-refractivity contribution is 6.32. The first-order valence-corrected chi connectivity index (χ1v) is 9.25. The van der Waals surface area contributed by atoms with Crippen LogP contribution in [0.5, 0.6) is 0 Å². The molecule has 1 saturated heterocycles. The number of hydrogen-bond acceptors (Lipinski definition) is 4. The summed E-state index contributed by atoms with van der Waals surface area (Å²) in [4.78, 5) is 25.2. The number of nitrogens with one attached hydrogen (secondary N) is 1. The van der Waals surface area contributed by atoms with Crippen molar-refractivity contribution < 1.29 is 9.59 Å². The second-order valence-corrected chi connectivity index (χ2v) is 7.01. The molecule has 7 nitrogen and oxygen atoms in total. The highest BCUT2D eigenvalue weighted by atomic mass is 35.5. The Labute approximate surface area is 163 Å². The number of amides is 3. The van der Waals surface area contributed by atoms with Crippen LogP contribution in [0.25, 0.3) is 0 Å². The first kappa shape index (κ1) is 19.1. The zero-order valence-corrected chi connectivity index (χ0v) is 16.3. The summed E-state index contributed by atoms with van der Waals surface area (Å²) < 4.78 is 1.71. The molecule has 0 spiro atoms. The van der Waals surface area contributed by atoms with E-state index < -0.39 is 17.5 Å². The molecule has 0 bridgehead atoms. The Hall–Kier alpha value is -2.67. The maximum absolute atomic E-state index is 12.9. The van der Waals surface area contributed by atoms with Crippen LogP contribution in [0.3, 0.4) is 0 Å². The molecular weight excluding hydrogens is 366 g/mol. The summed E-state index contributed by atoms with van der Waals surface area (Å²) in [5, 5.41) is 12.5. The number of imide groups is 1. The molecule has 1 aromatic heterocycles. The fourth-order valence-corrected chi connectivity index (χ4v) is 3.29. The number of halogens is 1. The zero-order chi connectivity index (χ0) is 19.6. The largest absolute Gasteiger partial charge is 0.346 e. The van der Waals surface area contributed by atoms with Gasteiger partial charge in [0.1, 0.15) is 10.7 Å². The Kier molecular flexibility index (Phi) is 5.32. The van der Waals surface area contributed by atoms with Gasteiger partial charge in [0.15, 0.2) is 0 Å². The molecule has 27 heavy (non-hydrogen) atoms. The van der Waals surface area contributed by atoms with Crippen molar-refractivity contribution in [1.82, 2.24) is 20.1 Å². The van der Waals surface area contributed by atoms with Gasteiger partial charge in [-0.25, -0.2) is 4.79 Å². The van der Waals surface area contributed by atoms with Crippen LogP contribution in [0, 0.1) is 6.92 Å². The first-order valence-electron chi connectivity index (χ1n) is 8.87. The molecule has 1 aliphatic rings.